The summed E-state index contributed by atoms with van der Waals surface area (Å²) in [4.78, 5) is 13.2. The van der Waals surface area contributed by atoms with Crippen molar-refractivity contribution in [2.24, 2.45) is 11.8 Å². The lowest BCUT2D eigenvalue weighted by molar-refractivity contribution is -0.0140. The lowest BCUT2D eigenvalue weighted by Gasteiger charge is -2.33. The first-order chi connectivity index (χ1) is 20.0. The fourth-order valence-corrected chi connectivity index (χ4v) is 7.13. The third kappa shape index (κ3) is 9.97. The van der Waals surface area contributed by atoms with Crippen molar-refractivity contribution in [3.8, 4) is 5.75 Å². The van der Waals surface area contributed by atoms with Crippen LogP contribution in [0.3, 0.4) is 0 Å². The zero-order chi connectivity index (χ0) is 30.7. The zero-order valence-corrected chi connectivity index (χ0v) is 26.4. The van der Waals surface area contributed by atoms with Crippen LogP contribution in [0.2, 0.25) is 0 Å². The Labute approximate surface area is 251 Å². The molecule has 1 fully saturated rings. The van der Waals surface area contributed by atoms with Crippen molar-refractivity contribution in [2.45, 2.75) is 89.0 Å². The van der Waals surface area contributed by atoms with Crippen LogP contribution in [0.25, 0.3) is 0 Å². The molecule has 2 aromatic rings. The van der Waals surface area contributed by atoms with Gasteiger partial charge < -0.3 is 24.6 Å². The molecule has 2 unspecified atom stereocenters. The van der Waals surface area contributed by atoms with Crippen LogP contribution >= 0.6 is 0 Å². The van der Waals surface area contributed by atoms with E-state index in [4.69, 9.17) is 14.2 Å². The van der Waals surface area contributed by atoms with Crippen LogP contribution in [0, 0.1) is 11.8 Å². The van der Waals surface area contributed by atoms with Crippen molar-refractivity contribution < 1.29 is 32.5 Å². The Morgan fingerprint density at radius 3 is 2.36 bits per heavy atom. The van der Waals surface area contributed by atoms with Crippen molar-refractivity contribution in [1.29, 1.82) is 0 Å². The van der Waals surface area contributed by atoms with E-state index in [9.17, 15) is 18.3 Å². The van der Waals surface area contributed by atoms with E-state index in [0.717, 1.165) is 31.2 Å². The van der Waals surface area contributed by atoms with Gasteiger partial charge >= 0.3 is 6.09 Å². The van der Waals surface area contributed by atoms with E-state index >= 15 is 0 Å². The number of carbonyl (C=O) groups is 1. The standard InChI is InChI=1S/C32H48N2O7S/c1-6-40-28-14-10-13-26(20-28)24(4)41-32(36)33-30(19-25-11-8-7-9-12-25)31(35)22-34(21-23(2)3)42(37,38)29-17-15-27(39-5)16-18-29/h7-9,11-12,15-18,23-24,26,28,30-31,35H,6,10,13-14,19-22H2,1-5H3,(H,33,36)/t24-,26?,28-,30?,31-/m1/s1. The third-order valence-corrected chi connectivity index (χ3v) is 9.59. The number of nitrogens with zero attached hydrogens (tertiary/aromatic N) is 1. The summed E-state index contributed by atoms with van der Waals surface area (Å²) in [5, 5.41) is 14.3. The average molecular weight is 605 g/mol. The maximum absolute atomic E-state index is 13.7. The van der Waals surface area contributed by atoms with Crippen LogP contribution in [0.15, 0.2) is 59.5 Å². The highest BCUT2D eigenvalue weighted by Gasteiger charge is 2.33. The molecule has 1 amide bonds. The fraction of sp³-hybridized carbons (Fsp3) is 0.594. The van der Waals surface area contributed by atoms with Crippen molar-refractivity contribution in [3.05, 3.63) is 60.2 Å². The Morgan fingerprint density at radius 2 is 1.74 bits per heavy atom. The second kappa shape index (κ2) is 16.3. The number of aliphatic hydroxyl groups is 1. The average Bonchev–Trinajstić information content (AvgIpc) is 2.97. The maximum atomic E-state index is 13.7. The highest BCUT2D eigenvalue weighted by Crippen LogP contribution is 2.30. The van der Waals surface area contributed by atoms with E-state index in [2.05, 4.69) is 5.32 Å². The SMILES string of the molecule is CCO[C@@H]1CCCC([C@@H](C)OC(=O)NC(Cc2ccccc2)[C@H](O)CN(CC(C)C)S(=O)(=O)c2ccc(OC)cc2)C1. The summed E-state index contributed by atoms with van der Waals surface area (Å²) < 4.78 is 45.4. The molecule has 0 bridgehead atoms. The first kappa shape index (κ1) is 33.8. The molecule has 3 rings (SSSR count). The van der Waals surface area contributed by atoms with Crippen LogP contribution in [-0.4, -0.2) is 75.1 Å². The van der Waals surface area contributed by atoms with Crippen molar-refractivity contribution in [3.63, 3.8) is 0 Å². The molecule has 0 aliphatic heterocycles. The number of nitrogens with one attached hydrogen (secondary N) is 1. The Bertz CT molecular complexity index is 1190. The van der Waals surface area contributed by atoms with Crippen LogP contribution < -0.4 is 10.1 Å². The van der Waals surface area contributed by atoms with E-state index in [1.807, 2.05) is 58.0 Å². The molecule has 2 N–H and O–H groups in total. The smallest absolute Gasteiger partial charge is 0.407 e. The predicted octanol–water partition coefficient (Wildman–Crippen LogP) is 5.02. The molecule has 0 radical (unpaired) electrons. The zero-order valence-electron chi connectivity index (χ0n) is 25.6. The second-order valence-corrected chi connectivity index (χ2v) is 13.5. The molecule has 1 saturated carbocycles. The highest BCUT2D eigenvalue weighted by atomic mass is 32.2. The van der Waals surface area contributed by atoms with Gasteiger partial charge in [-0.3, -0.25) is 0 Å². The number of carbonyl (C=O) groups excluding carboxylic acids is 1. The number of methoxy groups -OCH3 is 1. The number of sulfonamides is 1. The number of aliphatic hydroxyl groups excluding tert-OH is 1. The van der Waals surface area contributed by atoms with Gasteiger partial charge in [-0.25, -0.2) is 13.2 Å². The summed E-state index contributed by atoms with van der Waals surface area (Å²) in [6, 6.07) is 14.9. The van der Waals surface area contributed by atoms with E-state index in [1.54, 1.807) is 12.1 Å². The number of hydrogen-bond donors (Lipinski definition) is 2. The molecule has 1 aliphatic carbocycles. The molecule has 0 saturated heterocycles. The number of ether oxygens (including phenoxy) is 3. The van der Waals surface area contributed by atoms with Gasteiger partial charge in [-0.2, -0.15) is 4.31 Å². The van der Waals surface area contributed by atoms with Crippen molar-refractivity contribution in [2.75, 3.05) is 26.8 Å². The number of hydrogen-bond acceptors (Lipinski definition) is 7. The highest BCUT2D eigenvalue weighted by molar-refractivity contribution is 7.89. The molecule has 0 aromatic heterocycles. The lowest BCUT2D eigenvalue weighted by Crippen LogP contribution is -2.51. The third-order valence-electron chi connectivity index (χ3n) is 7.75. The Balaban J connectivity index is 1.76. The molecule has 42 heavy (non-hydrogen) atoms. The van der Waals surface area contributed by atoms with Crippen molar-refractivity contribution >= 4 is 16.1 Å². The Morgan fingerprint density at radius 1 is 1.05 bits per heavy atom. The summed E-state index contributed by atoms with van der Waals surface area (Å²) in [5.74, 6) is 0.744. The van der Waals surface area contributed by atoms with E-state index in [-0.39, 0.29) is 42.0 Å². The summed E-state index contributed by atoms with van der Waals surface area (Å²) in [6.07, 6.45) is 2.17. The fourth-order valence-electron chi connectivity index (χ4n) is 5.51. The summed E-state index contributed by atoms with van der Waals surface area (Å²) in [6.45, 7) is 8.39. The number of benzene rings is 2. The minimum Gasteiger partial charge on any atom is -0.497 e. The predicted molar refractivity (Wildman–Crippen MR) is 163 cm³/mol. The van der Waals surface area contributed by atoms with Crippen LogP contribution in [0.1, 0.15) is 58.9 Å². The van der Waals surface area contributed by atoms with Crippen LogP contribution in [0.5, 0.6) is 5.75 Å². The Hall–Kier alpha value is -2.66. The normalized spacial score (nSPS) is 19.7. The molecular weight excluding hydrogens is 556 g/mol. The monoisotopic (exact) mass is 604 g/mol. The lowest BCUT2D eigenvalue weighted by atomic mass is 9.84. The van der Waals surface area contributed by atoms with Gasteiger partial charge in [0.2, 0.25) is 10.0 Å². The van der Waals surface area contributed by atoms with E-state index in [0.29, 0.717) is 18.8 Å². The van der Waals surface area contributed by atoms with Gasteiger partial charge in [0.05, 0.1) is 30.3 Å². The second-order valence-electron chi connectivity index (χ2n) is 11.5. The Kier molecular flexibility index (Phi) is 13.1. The van der Waals surface area contributed by atoms with Gasteiger partial charge in [-0.15, -0.1) is 0 Å². The van der Waals surface area contributed by atoms with E-state index < -0.39 is 28.3 Å². The quantitative estimate of drug-likeness (QED) is 0.293. The maximum Gasteiger partial charge on any atom is 0.407 e. The molecule has 234 valence electrons. The van der Waals surface area contributed by atoms with Gasteiger partial charge in [0.25, 0.3) is 0 Å². The number of alkyl carbamates (subject to hydrolysis) is 1. The molecule has 1 aliphatic rings. The van der Waals surface area contributed by atoms with Gasteiger partial charge in [-0.1, -0.05) is 50.6 Å². The molecule has 10 heteroatoms. The molecule has 0 heterocycles. The van der Waals surface area contributed by atoms with Gasteiger partial charge in [0, 0.05) is 19.7 Å². The molecule has 5 atom stereocenters. The minimum atomic E-state index is -3.93. The van der Waals surface area contributed by atoms with Crippen LogP contribution in [-0.2, 0) is 25.9 Å². The topological polar surface area (TPSA) is 114 Å². The van der Waals surface area contributed by atoms with Crippen molar-refractivity contribution in [1.82, 2.24) is 9.62 Å². The van der Waals surface area contributed by atoms with Gasteiger partial charge in [-0.05, 0) is 81.2 Å². The molecule has 2 aromatic carbocycles. The number of rotatable bonds is 15. The molecular formula is C32H48N2O7S. The van der Waals surface area contributed by atoms with Crippen LogP contribution in [0.4, 0.5) is 4.79 Å². The summed E-state index contributed by atoms with van der Waals surface area (Å²) >= 11 is 0. The minimum absolute atomic E-state index is 0.00702. The summed E-state index contributed by atoms with van der Waals surface area (Å²) in [7, 11) is -2.42. The summed E-state index contributed by atoms with van der Waals surface area (Å²) in [5.41, 5.74) is 0.898. The van der Waals surface area contributed by atoms with E-state index in [1.165, 1.54) is 23.5 Å². The first-order valence-corrected chi connectivity index (χ1v) is 16.4. The largest absolute Gasteiger partial charge is 0.497 e. The first-order valence-electron chi connectivity index (χ1n) is 15.0. The molecule has 9 nitrogen and oxygen atoms in total. The molecule has 0 spiro atoms. The van der Waals surface area contributed by atoms with Gasteiger partial charge in [0.15, 0.2) is 0 Å². The number of amides is 1. The van der Waals surface area contributed by atoms with Gasteiger partial charge in [0.1, 0.15) is 11.9 Å².